The Bertz CT molecular complexity index is 552. The van der Waals surface area contributed by atoms with E-state index in [1.165, 1.54) is 4.90 Å². The molecule has 1 fully saturated rings. The highest BCUT2D eigenvalue weighted by atomic mass is 35.5. The first-order valence-corrected chi connectivity index (χ1v) is 5.92. The molecule has 102 valence electrons. The lowest BCUT2D eigenvalue weighted by molar-refractivity contribution is -0.384. The maximum absolute atomic E-state index is 13.3. The number of nitro groups is 1. The van der Waals surface area contributed by atoms with Gasteiger partial charge in [0.15, 0.2) is 0 Å². The molecule has 1 heterocycles. The summed E-state index contributed by atoms with van der Waals surface area (Å²) in [5, 5.41) is 19.8. The Labute approximate surface area is 112 Å². The summed E-state index contributed by atoms with van der Waals surface area (Å²) in [6.45, 7) is 0.361. The van der Waals surface area contributed by atoms with Gasteiger partial charge >= 0.3 is 5.97 Å². The lowest BCUT2D eigenvalue weighted by Gasteiger charge is -2.23. The second-order valence-corrected chi connectivity index (χ2v) is 4.61. The van der Waals surface area contributed by atoms with Gasteiger partial charge in [-0.1, -0.05) is 11.6 Å². The quantitative estimate of drug-likeness (QED) is 0.682. The third kappa shape index (κ3) is 2.46. The van der Waals surface area contributed by atoms with Crippen molar-refractivity contribution in [2.75, 3.05) is 11.4 Å². The Morgan fingerprint density at radius 3 is 2.84 bits per heavy atom. The number of anilines is 1. The van der Waals surface area contributed by atoms with Gasteiger partial charge in [0.1, 0.15) is 17.5 Å². The predicted octanol–water partition coefficient (Wildman–Crippen LogP) is 2.44. The second-order valence-electron chi connectivity index (χ2n) is 4.20. The van der Waals surface area contributed by atoms with Crippen LogP contribution in [0, 0.1) is 15.9 Å². The van der Waals surface area contributed by atoms with Crippen LogP contribution < -0.4 is 4.90 Å². The fourth-order valence-corrected chi connectivity index (χ4v) is 2.37. The molecule has 1 aromatic rings. The van der Waals surface area contributed by atoms with Gasteiger partial charge in [0.25, 0.3) is 5.69 Å². The van der Waals surface area contributed by atoms with E-state index in [9.17, 15) is 19.3 Å². The third-order valence-corrected chi connectivity index (χ3v) is 3.35. The molecule has 0 bridgehead atoms. The first-order valence-electron chi connectivity index (χ1n) is 5.54. The maximum atomic E-state index is 13.3. The SMILES string of the molecule is O=C(O)C1CCCN1c1cc(Cl)c(F)cc1[N+](=O)[O-]. The number of hydrogen-bond acceptors (Lipinski definition) is 4. The monoisotopic (exact) mass is 288 g/mol. The molecule has 0 aromatic heterocycles. The summed E-state index contributed by atoms with van der Waals surface area (Å²) >= 11 is 5.62. The van der Waals surface area contributed by atoms with E-state index in [1.807, 2.05) is 0 Å². The lowest BCUT2D eigenvalue weighted by Crippen LogP contribution is -2.36. The summed E-state index contributed by atoms with van der Waals surface area (Å²) in [7, 11) is 0. The van der Waals surface area contributed by atoms with E-state index in [-0.39, 0.29) is 10.7 Å². The second kappa shape index (κ2) is 5.00. The minimum absolute atomic E-state index is 0.0429. The Kier molecular flexibility index (Phi) is 3.57. The minimum atomic E-state index is -1.06. The summed E-state index contributed by atoms with van der Waals surface area (Å²) < 4.78 is 13.3. The number of halogens is 2. The molecule has 1 saturated heterocycles. The zero-order chi connectivity index (χ0) is 14.2. The summed E-state index contributed by atoms with van der Waals surface area (Å²) in [4.78, 5) is 22.7. The normalized spacial score (nSPS) is 18.6. The van der Waals surface area contributed by atoms with E-state index >= 15 is 0 Å². The molecule has 0 radical (unpaired) electrons. The number of hydrogen-bond donors (Lipinski definition) is 1. The lowest BCUT2D eigenvalue weighted by atomic mass is 10.2. The Morgan fingerprint density at radius 2 is 2.26 bits per heavy atom. The van der Waals surface area contributed by atoms with Gasteiger partial charge in [-0.3, -0.25) is 10.1 Å². The molecule has 8 heteroatoms. The number of nitro benzene ring substituents is 1. The van der Waals surface area contributed by atoms with Crippen LogP contribution in [-0.2, 0) is 4.79 Å². The van der Waals surface area contributed by atoms with Crippen molar-refractivity contribution in [2.24, 2.45) is 0 Å². The first-order chi connectivity index (χ1) is 8.91. The molecule has 2 rings (SSSR count). The molecule has 0 aliphatic carbocycles. The molecule has 1 aliphatic rings. The zero-order valence-corrected chi connectivity index (χ0v) is 10.4. The van der Waals surface area contributed by atoms with Crippen LogP contribution in [0.1, 0.15) is 12.8 Å². The molecular formula is C11H10ClFN2O4. The summed E-state index contributed by atoms with van der Waals surface area (Å²) in [6, 6.07) is 0.978. The molecule has 0 spiro atoms. The van der Waals surface area contributed by atoms with Crippen molar-refractivity contribution in [3.8, 4) is 0 Å². The molecule has 19 heavy (non-hydrogen) atoms. The van der Waals surface area contributed by atoms with Crippen LogP contribution in [0.3, 0.4) is 0 Å². The van der Waals surface area contributed by atoms with Crippen molar-refractivity contribution in [3.63, 3.8) is 0 Å². The van der Waals surface area contributed by atoms with Crippen LogP contribution in [0.5, 0.6) is 0 Å². The maximum Gasteiger partial charge on any atom is 0.326 e. The van der Waals surface area contributed by atoms with Gasteiger partial charge in [0.05, 0.1) is 16.0 Å². The van der Waals surface area contributed by atoms with Crippen molar-refractivity contribution in [1.29, 1.82) is 0 Å². The molecule has 1 atom stereocenters. The Morgan fingerprint density at radius 1 is 1.58 bits per heavy atom. The van der Waals surface area contributed by atoms with Crippen molar-refractivity contribution >= 4 is 28.9 Å². The van der Waals surface area contributed by atoms with Crippen molar-refractivity contribution < 1.29 is 19.2 Å². The first kappa shape index (κ1) is 13.5. The van der Waals surface area contributed by atoms with Gasteiger partial charge in [-0.25, -0.2) is 9.18 Å². The molecule has 0 amide bonds. The minimum Gasteiger partial charge on any atom is -0.480 e. The average molecular weight is 289 g/mol. The highest BCUT2D eigenvalue weighted by Gasteiger charge is 2.35. The van der Waals surface area contributed by atoms with Crippen molar-refractivity contribution in [1.82, 2.24) is 0 Å². The number of rotatable bonds is 3. The van der Waals surface area contributed by atoms with Gasteiger partial charge in [0.2, 0.25) is 0 Å². The molecule has 0 saturated carbocycles. The van der Waals surface area contributed by atoms with Crippen LogP contribution in [0.15, 0.2) is 12.1 Å². The van der Waals surface area contributed by atoms with Crippen LogP contribution in [0.25, 0.3) is 0 Å². The van der Waals surface area contributed by atoms with E-state index in [0.29, 0.717) is 19.4 Å². The highest BCUT2D eigenvalue weighted by Crippen LogP contribution is 2.37. The Hall–Kier alpha value is -1.89. The largest absolute Gasteiger partial charge is 0.480 e. The van der Waals surface area contributed by atoms with E-state index < -0.39 is 28.4 Å². The summed E-state index contributed by atoms with van der Waals surface area (Å²) in [5.41, 5.74) is -0.434. The smallest absolute Gasteiger partial charge is 0.326 e. The topological polar surface area (TPSA) is 83.7 Å². The van der Waals surface area contributed by atoms with Crippen LogP contribution in [-0.4, -0.2) is 28.6 Å². The third-order valence-electron chi connectivity index (χ3n) is 3.06. The number of carboxylic acids is 1. The molecule has 1 unspecified atom stereocenters. The molecule has 1 aliphatic heterocycles. The predicted molar refractivity (Wildman–Crippen MR) is 66.1 cm³/mol. The van der Waals surface area contributed by atoms with Crippen LogP contribution in [0.4, 0.5) is 15.8 Å². The average Bonchev–Trinajstić information content (AvgIpc) is 2.80. The molecule has 1 aromatic carbocycles. The Balaban J connectivity index is 2.51. The summed E-state index contributed by atoms with van der Waals surface area (Å²) in [6.07, 6.45) is 0.991. The standard InChI is InChI=1S/C11H10ClFN2O4/c12-6-4-9(10(15(18)19)5-7(6)13)14-3-1-2-8(14)11(16)17/h4-5,8H,1-3H2,(H,16,17). The number of aliphatic carboxylic acids is 1. The molecular weight excluding hydrogens is 279 g/mol. The van der Waals surface area contributed by atoms with E-state index in [4.69, 9.17) is 16.7 Å². The van der Waals surface area contributed by atoms with Gasteiger partial charge in [0, 0.05) is 6.54 Å². The van der Waals surface area contributed by atoms with Crippen LogP contribution in [0.2, 0.25) is 5.02 Å². The van der Waals surface area contributed by atoms with E-state index in [0.717, 1.165) is 12.1 Å². The molecule has 6 nitrogen and oxygen atoms in total. The summed E-state index contributed by atoms with van der Waals surface area (Å²) in [5.74, 6) is -1.96. The van der Waals surface area contributed by atoms with Gasteiger partial charge < -0.3 is 10.0 Å². The van der Waals surface area contributed by atoms with Gasteiger partial charge in [-0.2, -0.15) is 0 Å². The van der Waals surface area contributed by atoms with Gasteiger partial charge in [-0.05, 0) is 18.9 Å². The zero-order valence-electron chi connectivity index (χ0n) is 9.68. The van der Waals surface area contributed by atoms with Crippen molar-refractivity contribution in [3.05, 3.63) is 33.1 Å². The number of carboxylic acid groups (broad SMARTS) is 1. The molecule has 1 N–H and O–H groups in total. The fourth-order valence-electron chi connectivity index (χ4n) is 2.21. The number of benzene rings is 1. The number of carbonyl (C=O) groups is 1. The van der Waals surface area contributed by atoms with Gasteiger partial charge in [-0.15, -0.1) is 0 Å². The number of nitrogens with zero attached hydrogens (tertiary/aromatic N) is 2. The van der Waals surface area contributed by atoms with Crippen LogP contribution >= 0.6 is 11.6 Å². The van der Waals surface area contributed by atoms with Crippen molar-refractivity contribution in [2.45, 2.75) is 18.9 Å². The fraction of sp³-hybridized carbons (Fsp3) is 0.364. The van der Waals surface area contributed by atoms with E-state index in [1.54, 1.807) is 0 Å². The highest BCUT2D eigenvalue weighted by molar-refractivity contribution is 6.31. The van der Waals surface area contributed by atoms with E-state index in [2.05, 4.69) is 0 Å².